The molecule has 1 aromatic heterocycles. The van der Waals surface area contributed by atoms with Gasteiger partial charge in [-0.1, -0.05) is 6.92 Å². The number of furan rings is 1. The number of halogens is 1. The zero-order valence-electron chi connectivity index (χ0n) is 10.9. The van der Waals surface area contributed by atoms with Crippen molar-refractivity contribution in [2.75, 3.05) is 6.54 Å². The standard InChI is InChI=1S/C11H16BrNO5S/c1-4-5-13(7(2)3)19(16,17)9-6-8(11(14)15)18-10(9)12/h6-7H,4-5H2,1-3H3,(H,14,15). The highest BCUT2D eigenvalue weighted by Gasteiger charge is 2.31. The lowest BCUT2D eigenvalue weighted by atomic mass is 10.4. The number of carboxylic acid groups (broad SMARTS) is 1. The van der Waals surface area contributed by atoms with Crippen molar-refractivity contribution in [1.29, 1.82) is 0 Å². The van der Waals surface area contributed by atoms with Crippen LogP contribution in [0.3, 0.4) is 0 Å². The smallest absolute Gasteiger partial charge is 0.371 e. The van der Waals surface area contributed by atoms with Crippen molar-refractivity contribution in [3.05, 3.63) is 16.5 Å². The second-order valence-corrected chi connectivity index (χ2v) is 6.84. The molecule has 1 N–H and O–H groups in total. The number of rotatable bonds is 6. The van der Waals surface area contributed by atoms with E-state index in [1.807, 2.05) is 6.92 Å². The van der Waals surface area contributed by atoms with Gasteiger partial charge in [0.2, 0.25) is 15.8 Å². The molecule has 1 rings (SSSR count). The lowest BCUT2D eigenvalue weighted by Gasteiger charge is -2.24. The van der Waals surface area contributed by atoms with Gasteiger partial charge in [0.25, 0.3) is 0 Å². The molecule has 19 heavy (non-hydrogen) atoms. The highest BCUT2D eigenvalue weighted by molar-refractivity contribution is 9.10. The average molecular weight is 354 g/mol. The molecule has 0 fully saturated rings. The molecule has 0 aliphatic carbocycles. The summed E-state index contributed by atoms with van der Waals surface area (Å²) >= 11 is 2.95. The first-order valence-corrected chi connectivity index (χ1v) is 7.99. The lowest BCUT2D eigenvalue weighted by Crippen LogP contribution is -2.37. The van der Waals surface area contributed by atoms with Crippen LogP contribution >= 0.6 is 15.9 Å². The molecule has 6 nitrogen and oxygen atoms in total. The Morgan fingerprint density at radius 3 is 2.47 bits per heavy atom. The van der Waals surface area contributed by atoms with Crippen LogP contribution in [-0.4, -0.2) is 36.4 Å². The SMILES string of the molecule is CCCN(C(C)C)S(=O)(=O)c1cc(C(=O)O)oc1Br. The molecule has 0 unspecified atom stereocenters. The molecule has 8 heteroatoms. The fourth-order valence-electron chi connectivity index (χ4n) is 1.64. The third-order valence-corrected chi connectivity index (χ3v) is 5.41. The molecule has 0 atom stereocenters. The predicted molar refractivity (Wildman–Crippen MR) is 72.7 cm³/mol. The zero-order valence-corrected chi connectivity index (χ0v) is 13.3. The van der Waals surface area contributed by atoms with Gasteiger partial charge < -0.3 is 9.52 Å². The van der Waals surface area contributed by atoms with E-state index in [0.717, 1.165) is 6.07 Å². The second-order valence-electron chi connectivity index (χ2n) is 4.26. The molecule has 0 amide bonds. The number of aromatic carboxylic acids is 1. The summed E-state index contributed by atoms with van der Waals surface area (Å²) in [6.07, 6.45) is 0.665. The molecule has 0 radical (unpaired) electrons. The summed E-state index contributed by atoms with van der Waals surface area (Å²) in [4.78, 5) is 10.6. The summed E-state index contributed by atoms with van der Waals surface area (Å²) in [6.45, 7) is 5.76. The third-order valence-electron chi connectivity index (χ3n) is 2.47. The minimum atomic E-state index is -3.78. The van der Waals surface area contributed by atoms with E-state index in [1.54, 1.807) is 13.8 Å². The molecule has 1 aromatic rings. The summed E-state index contributed by atoms with van der Waals surface area (Å²) in [7, 11) is -3.78. The summed E-state index contributed by atoms with van der Waals surface area (Å²) in [5.41, 5.74) is 0. The molecular weight excluding hydrogens is 338 g/mol. The summed E-state index contributed by atoms with van der Waals surface area (Å²) in [6, 6.07) is 0.798. The van der Waals surface area contributed by atoms with Gasteiger partial charge in [-0.2, -0.15) is 4.31 Å². The van der Waals surface area contributed by atoms with Crippen molar-refractivity contribution >= 4 is 31.9 Å². The van der Waals surface area contributed by atoms with E-state index in [0.29, 0.717) is 13.0 Å². The van der Waals surface area contributed by atoms with Crippen LogP contribution < -0.4 is 0 Å². The van der Waals surface area contributed by atoms with Crippen LogP contribution in [0.5, 0.6) is 0 Å². The molecule has 108 valence electrons. The Kier molecular flexibility index (Phi) is 5.17. The number of hydrogen-bond acceptors (Lipinski definition) is 4. The van der Waals surface area contributed by atoms with Crippen LogP contribution in [0.1, 0.15) is 37.7 Å². The Hall–Kier alpha value is -0.860. The summed E-state index contributed by atoms with van der Waals surface area (Å²) in [5, 5.41) is 8.82. The molecule has 0 aliphatic heterocycles. The fourth-order valence-corrected chi connectivity index (χ4v) is 4.27. The van der Waals surface area contributed by atoms with Crippen molar-refractivity contribution in [2.45, 2.75) is 38.1 Å². The Morgan fingerprint density at radius 2 is 2.11 bits per heavy atom. The number of carboxylic acids is 1. The van der Waals surface area contributed by atoms with Gasteiger partial charge in [0.15, 0.2) is 4.67 Å². The van der Waals surface area contributed by atoms with Gasteiger partial charge in [0.05, 0.1) is 0 Å². The monoisotopic (exact) mass is 353 g/mol. The number of nitrogens with zero attached hydrogens (tertiary/aromatic N) is 1. The van der Waals surface area contributed by atoms with E-state index in [1.165, 1.54) is 4.31 Å². The normalized spacial score (nSPS) is 12.3. The lowest BCUT2D eigenvalue weighted by molar-refractivity contribution is 0.0661. The number of sulfonamides is 1. The first-order valence-electron chi connectivity index (χ1n) is 5.76. The van der Waals surface area contributed by atoms with E-state index >= 15 is 0 Å². The minimum absolute atomic E-state index is 0.0911. The molecule has 0 spiro atoms. The average Bonchev–Trinajstić information content (AvgIpc) is 2.68. The van der Waals surface area contributed by atoms with Gasteiger partial charge in [-0.3, -0.25) is 0 Å². The van der Waals surface area contributed by atoms with Crippen LogP contribution in [-0.2, 0) is 10.0 Å². The van der Waals surface area contributed by atoms with Gasteiger partial charge in [0.1, 0.15) is 4.90 Å². The van der Waals surface area contributed by atoms with E-state index in [2.05, 4.69) is 15.9 Å². The van der Waals surface area contributed by atoms with Crippen LogP contribution in [0.25, 0.3) is 0 Å². The molecular formula is C11H16BrNO5S. The fraction of sp³-hybridized carbons (Fsp3) is 0.545. The molecule has 0 aromatic carbocycles. The highest BCUT2D eigenvalue weighted by Crippen LogP contribution is 2.29. The molecule has 0 saturated heterocycles. The topological polar surface area (TPSA) is 87.8 Å². The van der Waals surface area contributed by atoms with Crippen molar-refractivity contribution in [3.8, 4) is 0 Å². The Bertz CT molecular complexity index is 564. The minimum Gasteiger partial charge on any atom is -0.475 e. The largest absolute Gasteiger partial charge is 0.475 e. The van der Waals surface area contributed by atoms with Gasteiger partial charge >= 0.3 is 5.97 Å². The van der Waals surface area contributed by atoms with Crippen molar-refractivity contribution in [3.63, 3.8) is 0 Å². The van der Waals surface area contributed by atoms with Crippen LogP contribution in [0, 0.1) is 0 Å². The first-order chi connectivity index (χ1) is 8.71. The molecule has 0 saturated carbocycles. The zero-order chi connectivity index (χ0) is 14.8. The van der Waals surface area contributed by atoms with Crippen LogP contribution in [0.15, 0.2) is 20.0 Å². The first kappa shape index (κ1) is 16.2. The van der Waals surface area contributed by atoms with Crippen molar-refractivity contribution in [1.82, 2.24) is 4.31 Å². The number of hydrogen-bond donors (Lipinski definition) is 1. The second kappa shape index (κ2) is 6.06. The third kappa shape index (κ3) is 3.37. The Balaban J connectivity index is 3.29. The van der Waals surface area contributed by atoms with E-state index < -0.39 is 21.8 Å². The van der Waals surface area contributed by atoms with Gasteiger partial charge in [-0.05, 0) is 36.2 Å². The van der Waals surface area contributed by atoms with Gasteiger partial charge in [-0.25, -0.2) is 13.2 Å². The maximum absolute atomic E-state index is 12.5. The summed E-state index contributed by atoms with van der Waals surface area (Å²) in [5.74, 6) is -1.72. The molecule has 1 heterocycles. The van der Waals surface area contributed by atoms with Gasteiger partial charge in [0, 0.05) is 18.7 Å². The van der Waals surface area contributed by atoms with E-state index in [9.17, 15) is 13.2 Å². The highest BCUT2D eigenvalue weighted by atomic mass is 79.9. The quantitative estimate of drug-likeness (QED) is 0.848. The maximum Gasteiger partial charge on any atom is 0.371 e. The number of carbonyl (C=O) groups is 1. The van der Waals surface area contributed by atoms with E-state index in [4.69, 9.17) is 9.52 Å². The van der Waals surface area contributed by atoms with Crippen molar-refractivity contribution < 1.29 is 22.7 Å². The summed E-state index contributed by atoms with van der Waals surface area (Å²) < 4.78 is 31.0. The van der Waals surface area contributed by atoms with Crippen LogP contribution in [0.2, 0.25) is 0 Å². The predicted octanol–water partition coefficient (Wildman–Crippen LogP) is 2.55. The van der Waals surface area contributed by atoms with E-state index in [-0.39, 0.29) is 15.6 Å². The maximum atomic E-state index is 12.5. The van der Waals surface area contributed by atoms with Crippen LogP contribution in [0.4, 0.5) is 0 Å². The molecule has 0 aliphatic rings. The molecule has 0 bridgehead atoms. The van der Waals surface area contributed by atoms with Gasteiger partial charge in [-0.15, -0.1) is 0 Å². The van der Waals surface area contributed by atoms with Crippen molar-refractivity contribution in [2.24, 2.45) is 0 Å². The Morgan fingerprint density at radius 1 is 1.53 bits per heavy atom. The Labute approximate surface area is 120 Å².